The predicted octanol–water partition coefficient (Wildman–Crippen LogP) is 2.88. The summed E-state index contributed by atoms with van der Waals surface area (Å²) in [4.78, 5) is 12.9. The number of carbonyl (C=O) groups is 1. The van der Waals surface area contributed by atoms with Crippen LogP contribution in [0.25, 0.3) is 16.8 Å². The molecule has 3 nitrogen and oxygen atoms in total. The van der Waals surface area contributed by atoms with E-state index in [-0.39, 0.29) is 0 Å². The molecular weight excluding hydrogens is 238 g/mol. The summed E-state index contributed by atoms with van der Waals surface area (Å²) in [5.74, 6) is 0.842. The standard InChI is InChI=1S/C16H15NO2/c1-17(2)15-4-3-12-6-14-5-11(9-18)10-19-16(14)8-13(12)7-15/h3-9H,10H2,1-2H3. The Hall–Kier alpha value is -2.29. The molecule has 0 bridgehead atoms. The number of benzene rings is 2. The second-order valence-corrected chi connectivity index (χ2v) is 4.94. The fourth-order valence-corrected chi connectivity index (χ4v) is 2.27. The Morgan fingerprint density at radius 3 is 2.74 bits per heavy atom. The van der Waals surface area contributed by atoms with Gasteiger partial charge in [0.05, 0.1) is 0 Å². The van der Waals surface area contributed by atoms with Crippen molar-refractivity contribution in [1.82, 2.24) is 0 Å². The molecule has 0 aliphatic carbocycles. The van der Waals surface area contributed by atoms with Gasteiger partial charge in [-0.2, -0.15) is 0 Å². The first kappa shape index (κ1) is 11.8. The van der Waals surface area contributed by atoms with Crippen molar-refractivity contribution < 1.29 is 9.53 Å². The first-order valence-electron chi connectivity index (χ1n) is 6.21. The average molecular weight is 253 g/mol. The van der Waals surface area contributed by atoms with Crippen molar-refractivity contribution in [1.29, 1.82) is 0 Å². The van der Waals surface area contributed by atoms with Gasteiger partial charge >= 0.3 is 0 Å². The molecule has 1 heterocycles. The number of aldehydes is 1. The van der Waals surface area contributed by atoms with E-state index in [4.69, 9.17) is 4.74 Å². The van der Waals surface area contributed by atoms with E-state index < -0.39 is 0 Å². The molecule has 0 aromatic heterocycles. The Balaban J connectivity index is 2.16. The molecular formula is C16H15NO2. The highest BCUT2D eigenvalue weighted by Crippen LogP contribution is 2.32. The fraction of sp³-hybridized carbons (Fsp3) is 0.188. The SMILES string of the molecule is CN(C)c1ccc2cc3c(cc2c1)OCC(C=O)=C3. The van der Waals surface area contributed by atoms with E-state index in [1.807, 2.05) is 26.2 Å². The van der Waals surface area contributed by atoms with Gasteiger partial charge in [0.2, 0.25) is 0 Å². The molecule has 0 N–H and O–H groups in total. The number of fused-ring (bicyclic) bond motifs is 2. The lowest BCUT2D eigenvalue weighted by Gasteiger charge is -2.17. The first-order chi connectivity index (χ1) is 9.17. The quantitative estimate of drug-likeness (QED) is 0.771. The van der Waals surface area contributed by atoms with Crippen molar-refractivity contribution in [3.8, 4) is 5.75 Å². The molecule has 0 amide bonds. The van der Waals surface area contributed by atoms with Crippen molar-refractivity contribution in [3.63, 3.8) is 0 Å². The minimum absolute atomic E-state index is 0.357. The van der Waals surface area contributed by atoms with Gasteiger partial charge in [0.25, 0.3) is 0 Å². The van der Waals surface area contributed by atoms with Crippen LogP contribution in [-0.2, 0) is 4.79 Å². The van der Waals surface area contributed by atoms with Gasteiger partial charge in [-0.3, -0.25) is 4.79 Å². The highest BCUT2D eigenvalue weighted by atomic mass is 16.5. The van der Waals surface area contributed by atoms with Crippen molar-refractivity contribution in [2.75, 3.05) is 25.6 Å². The Bertz CT molecular complexity index is 686. The van der Waals surface area contributed by atoms with E-state index >= 15 is 0 Å². The van der Waals surface area contributed by atoms with Crippen molar-refractivity contribution in [2.45, 2.75) is 0 Å². The third kappa shape index (κ3) is 2.08. The lowest BCUT2D eigenvalue weighted by molar-refractivity contribution is -0.105. The maximum Gasteiger partial charge on any atom is 0.149 e. The van der Waals surface area contributed by atoms with Crippen molar-refractivity contribution >= 4 is 28.8 Å². The van der Waals surface area contributed by atoms with Gasteiger partial charge in [-0.05, 0) is 41.1 Å². The molecule has 19 heavy (non-hydrogen) atoms. The van der Waals surface area contributed by atoms with E-state index in [2.05, 4.69) is 29.2 Å². The minimum atomic E-state index is 0.357. The summed E-state index contributed by atoms with van der Waals surface area (Å²) < 4.78 is 5.62. The minimum Gasteiger partial charge on any atom is -0.488 e. The monoisotopic (exact) mass is 253 g/mol. The van der Waals surface area contributed by atoms with Crippen LogP contribution in [0.5, 0.6) is 5.75 Å². The zero-order chi connectivity index (χ0) is 13.4. The molecule has 96 valence electrons. The van der Waals surface area contributed by atoms with Crippen molar-refractivity contribution in [2.24, 2.45) is 0 Å². The zero-order valence-electron chi connectivity index (χ0n) is 11.0. The molecule has 2 aromatic carbocycles. The molecule has 2 aromatic rings. The molecule has 0 atom stereocenters. The summed E-state index contributed by atoms with van der Waals surface area (Å²) in [7, 11) is 4.05. The molecule has 0 radical (unpaired) electrons. The summed E-state index contributed by atoms with van der Waals surface area (Å²) in [6.45, 7) is 0.357. The Kier molecular flexibility index (Phi) is 2.75. The van der Waals surface area contributed by atoms with Gasteiger partial charge in [0, 0.05) is 30.9 Å². The van der Waals surface area contributed by atoms with Gasteiger partial charge in [0.15, 0.2) is 0 Å². The summed E-state index contributed by atoms with van der Waals surface area (Å²) in [6.07, 6.45) is 2.74. The van der Waals surface area contributed by atoms with Crippen LogP contribution in [0.1, 0.15) is 5.56 Å². The van der Waals surface area contributed by atoms with Gasteiger partial charge in [0.1, 0.15) is 18.6 Å². The number of nitrogens with zero attached hydrogens (tertiary/aromatic N) is 1. The van der Waals surface area contributed by atoms with E-state index in [9.17, 15) is 4.79 Å². The van der Waals surface area contributed by atoms with Gasteiger partial charge in [-0.1, -0.05) is 6.07 Å². The molecule has 0 unspecified atom stereocenters. The molecule has 1 aliphatic rings. The Morgan fingerprint density at radius 2 is 2.00 bits per heavy atom. The van der Waals surface area contributed by atoms with Gasteiger partial charge in [-0.25, -0.2) is 0 Å². The van der Waals surface area contributed by atoms with E-state index in [1.165, 1.54) is 0 Å². The van der Waals surface area contributed by atoms with Crippen LogP contribution in [0, 0.1) is 0 Å². The maximum atomic E-state index is 10.8. The van der Waals surface area contributed by atoms with E-state index in [1.54, 1.807) is 0 Å². The van der Waals surface area contributed by atoms with Crippen LogP contribution < -0.4 is 9.64 Å². The smallest absolute Gasteiger partial charge is 0.149 e. The maximum absolute atomic E-state index is 10.8. The highest BCUT2D eigenvalue weighted by molar-refractivity contribution is 5.92. The lowest BCUT2D eigenvalue weighted by Crippen LogP contribution is -2.09. The second-order valence-electron chi connectivity index (χ2n) is 4.94. The molecule has 3 heteroatoms. The summed E-state index contributed by atoms with van der Waals surface area (Å²) >= 11 is 0. The number of ether oxygens (including phenoxy) is 1. The molecule has 0 saturated heterocycles. The number of hydrogen-bond acceptors (Lipinski definition) is 3. The van der Waals surface area contributed by atoms with E-state index in [0.29, 0.717) is 12.2 Å². The van der Waals surface area contributed by atoms with Crippen LogP contribution in [0.3, 0.4) is 0 Å². The Morgan fingerprint density at radius 1 is 1.16 bits per heavy atom. The lowest BCUT2D eigenvalue weighted by atomic mass is 10.0. The molecule has 3 rings (SSSR count). The molecule has 0 saturated carbocycles. The molecule has 0 spiro atoms. The topological polar surface area (TPSA) is 29.5 Å². The third-order valence-electron chi connectivity index (χ3n) is 3.36. The fourth-order valence-electron chi connectivity index (χ4n) is 2.27. The van der Waals surface area contributed by atoms with Crippen LogP contribution in [0.2, 0.25) is 0 Å². The number of rotatable bonds is 2. The normalized spacial score (nSPS) is 13.5. The highest BCUT2D eigenvalue weighted by Gasteiger charge is 2.12. The molecule has 0 fully saturated rings. The predicted molar refractivity (Wildman–Crippen MR) is 77.8 cm³/mol. The van der Waals surface area contributed by atoms with Crippen LogP contribution in [-0.4, -0.2) is 27.0 Å². The van der Waals surface area contributed by atoms with Crippen LogP contribution >= 0.6 is 0 Å². The van der Waals surface area contributed by atoms with Gasteiger partial charge < -0.3 is 9.64 Å². The van der Waals surface area contributed by atoms with Crippen molar-refractivity contribution in [3.05, 3.63) is 41.5 Å². The van der Waals surface area contributed by atoms with E-state index in [0.717, 1.165) is 34.1 Å². The number of hydrogen-bond donors (Lipinski definition) is 0. The zero-order valence-corrected chi connectivity index (χ0v) is 11.0. The number of anilines is 1. The summed E-state index contributed by atoms with van der Waals surface area (Å²) in [5.41, 5.74) is 2.81. The first-order valence-corrected chi connectivity index (χ1v) is 6.21. The Labute approximate surface area is 112 Å². The summed E-state index contributed by atoms with van der Waals surface area (Å²) in [5, 5.41) is 2.30. The largest absolute Gasteiger partial charge is 0.488 e. The molecule has 1 aliphatic heterocycles. The van der Waals surface area contributed by atoms with Gasteiger partial charge in [-0.15, -0.1) is 0 Å². The second kappa shape index (κ2) is 4.43. The average Bonchev–Trinajstić information content (AvgIpc) is 2.43. The third-order valence-corrected chi connectivity index (χ3v) is 3.36. The van der Waals surface area contributed by atoms with Crippen LogP contribution in [0.15, 0.2) is 35.9 Å². The summed E-state index contributed by atoms with van der Waals surface area (Å²) in [6, 6.07) is 10.4. The van der Waals surface area contributed by atoms with Crippen LogP contribution in [0.4, 0.5) is 5.69 Å². The number of carbonyl (C=O) groups excluding carboxylic acids is 1.